The van der Waals surface area contributed by atoms with Crippen LogP contribution >= 0.6 is 0 Å². The highest BCUT2D eigenvalue weighted by Gasteiger charge is 2.36. The Hall–Kier alpha value is -1.11. The molecule has 118 valence electrons. The highest BCUT2D eigenvalue weighted by atomic mass is 32.2. The van der Waals surface area contributed by atoms with Crippen LogP contribution in [0.5, 0.6) is 0 Å². The van der Waals surface area contributed by atoms with Gasteiger partial charge in [-0.2, -0.15) is 4.31 Å². The number of likely N-dealkylation sites (N-methyl/N-ethyl adjacent to an activating group) is 1. The number of sulfonamides is 1. The zero-order valence-electron chi connectivity index (χ0n) is 12.9. The van der Waals surface area contributed by atoms with Crippen LogP contribution in [-0.2, 0) is 10.0 Å². The number of nitrogen functional groups attached to an aromatic ring is 1. The number of hydrogen-bond acceptors (Lipinski definition) is 4. The van der Waals surface area contributed by atoms with Crippen LogP contribution in [-0.4, -0.2) is 37.0 Å². The van der Waals surface area contributed by atoms with Crippen molar-refractivity contribution < 1.29 is 13.5 Å². The maximum Gasteiger partial charge on any atom is 0.243 e. The number of nitrogens with two attached hydrogens (primary N) is 1. The minimum absolute atomic E-state index is 0.128. The van der Waals surface area contributed by atoms with Crippen LogP contribution in [0.2, 0.25) is 0 Å². The van der Waals surface area contributed by atoms with Crippen LogP contribution in [0, 0.1) is 13.8 Å². The Morgan fingerprint density at radius 1 is 1.29 bits per heavy atom. The van der Waals surface area contributed by atoms with E-state index in [4.69, 9.17) is 5.73 Å². The van der Waals surface area contributed by atoms with E-state index in [0.717, 1.165) is 18.4 Å². The molecule has 0 unspecified atom stereocenters. The summed E-state index contributed by atoms with van der Waals surface area (Å²) in [5, 5.41) is 10.4. The van der Waals surface area contributed by atoms with E-state index >= 15 is 0 Å². The predicted molar refractivity (Wildman–Crippen MR) is 83.6 cm³/mol. The van der Waals surface area contributed by atoms with Gasteiger partial charge in [0.05, 0.1) is 10.5 Å². The average Bonchev–Trinajstić information content (AvgIpc) is 2.80. The molecule has 21 heavy (non-hydrogen) atoms. The second-order valence-electron chi connectivity index (χ2n) is 6.17. The van der Waals surface area contributed by atoms with Gasteiger partial charge in [0.1, 0.15) is 0 Å². The number of benzene rings is 1. The van der Waals surface area contributed by atoms with Gasteiger partial charge < -0.3 is 10.8 Å². The first kappa shape index (κ1) is 16.3. The molecule has 5 nitrogen and oxygen atoms in total. The fraction of sp³-hybridized carbons (Fsp3) is 0.600. The number of aryl methyl sites for hydroxylation is 1. The Labute approximate surface area is 126 Å². The molecule has 0 atom stereocenters. The molecular weight excluding hydrogens is 288 g/mol. The molecule has 0 heterocycles. The SMILES string of the molecule is Cc1cc(N)c(C)c(S(=O)(=O)N(C)CC2(O)CCCC2)c1. The van der Waals surface area contributed by atoms with Gasteiger partial charge in [-0.3, -0.25) is 0 Å². The fourth-order valence-electron chi connectivity index (χ4n) is 2.98. The second kappa shape index (κ2) is 5.59. The van der Waals surface area contributed by atoms with Gasteiger partial charge in [-0.25, -0.2) is 8.42 Å². The summed E-state index contributed by atoms with van der Waals surface area (Å²) >= 11 is 0. The monoisotopic (exact) mass is 312 g/mol. The summed E-state index contributed by atoms with van der Waals surface area (Å²) in [4.78, 5) is 0.226. The molecule has 3 N–H and O–H groups in total. The molecule has 1 aliphatic carbocycles. The first-order valence-corrected chi connectivity index (χ1v) is 8.65. The molecule has 1 fully saturated rings. The van der Waals surface area contributed by atoms with E-state index in [0.29, 0.717) is 24.1 Å². The van der Waals surface area contributed by atoms with Crippen molar-refractivity contribution >= 4 is 15.7 Å². The van der Waals surface area contributed by atoms with Crippen LogP contribution in [0.25, 0.3) is 0 Å². The van der Waals surface area contributed by atoms with Crippen LogP contribution in [0.4, 0.5) is 5.69 Å². The molecule has 6 heteroatoms. The van der Waals surface area contributed by atoms with Gasteiger partial charge >= 0.3 is 0 Å². The van der Waals surface area contributed by atoms with Crippen molar-refractivity contribution in [2.75, 3.05) is 19.3 Å². The lowest BCUT2D eigenvalue weighted by Gasteiger charge is -2.28. The van der Waals surface area contributed by atoms with Gasteiger partial charge in [0.25, 0.3) is 0 Å². The number of hydrogen-bond donors (Lipinski definition) is 2. The van der Waals surface area contributed by atoms with Gasteiger partial charge in [0, 0.05) is 19.3 Å². The summed E-state index contributed by atoms with van der Waals surface area (Å²) in [5.41, 5.74) is 6.82. The van der Waals surface area contributed by atoms with Gasteiger partial charge in [-0.1, -0.05) is 12.8 Å². The van der Waals surface area contributed by atoms with Gasteiger partial charge in [-0.15, -0.1) is 0 Å². The Morgan fingerprint density at radius 3 is 2.43 bits per heavy atom. The quantitative estimate of drug-likeness (QED) is 0.831. The molecule has 0 amide bonds. The number of nitrogens with zero attached hydrogens (tertiary/aromatic N) is 1. The topological polar surface area (TPSA) is 83.6 Å². The Morgan fingerprint density at radius 2 is 1.86 bits per heavy atom. The van der Waals surface area contributed by atoms with E-state index in [-0.39, 0.29) is 11.4 Å². The smallest absolute Gasteiger partial charge is 0.243 e. The third kappa shape index (κ3) is 3.22. The van der Waals surface area contributed by atoms with Crippen molar-refractivity contribution in [3.05, 3.63) is 23.3 Å². The normalized spacial score (nSPS) is 18.3. The first-order chi connectivity index (χ1) is 9.66. The lowest BCUT2D eigenvalue weighted by Crippen LogP contribution is -2.42. The van der Waals surface area contributed by atoms with Crippen molar-refractivity contribution in [3.8, 4) is 0 Å². The third-order valence-corrected chi connectivity index (χ3v) is 6.21. The van der Waals surface area contributed by atoms with Crippen LogP contribution in [0.3, 0.4) is 0 Å². The van der Waals surface area contributed by atoms with Gasteiger partial charge in [-0.05, 0) is 49.9 Å². The van der Waals surface area contributed by atoms with E-state index < -0.39 is 15.6 Å². The zero-order chi connectivity index (χ0) is 15.8. The molecule has 0 bridgehead atoms. The maximum absolute atomic E-state index is 12.7. The highest BCUT2D eigenvalue weighted by molar-refractivity contribution is 7.89. The van der Waals surface area contributed by atoms with Gasteiger partial charge in [0.2, 0.25) is 10.0 Å². The summed E-state index contributed by atoms with van der Waals surface area (Å²) < 4.78 is 26.7. The molecule has 1 saturated carbocycles. The van der Waals surface area contributed by atoms with Crippen molar-refractivity contribution in [1.82, 2.24) is 4.31 Å². The Kier molecular flexibility index (Phi) is 4.33. The molecule has 1 aromatic rings. The maximum atomic E-state index is 12.7. The van der Waals surface area contributed by atoms with Crippen LogP contribution in [0.15, 0.2) is 17.0 Å². The van der Waals surface area contributed by atoms with E-state index in [1.807, 2.05) is 6.92 Å². The fourth-order valence-corrected chi connectivity index (χ4v) is 4.56. The largest absolute Gasteiger partial charge is 0.398 e. The van der Waals surface area contributed by atoms with E-state index in [2.05, 4.69) is 0 Å². The lowest BCUT2D eigenvalue weighted by atomic mass is 10.0. The van der Waals surface area contributed by atoms with Gasteiger partial charge in [0.15, 0.2) is 0 Å². The molecule has 0 radical (unpaired) electrons. The predicted octanol–water partition coefficient (Wildman–Crippen LogP) is 1.81. The lowest BCUT2D eigenvalue weighted by molar-refractivity contribution is 0.0333. The average molecular weight is 312 g/mol. The Balaban J connectivity index is 2.33. The minimum atomic E-state index is -3.65. The molecule has 0 spiro atoms. The molecule has 1 aliphatic rings. The standard InChI is InChI=1S/C15H24N2O3S/c1-11-8-13(16)12(2)14(9-11)21(19,20)17(3)10-15(18)6-4-5-7-15/h8-9,18H,4-7,10,16H2,1-3H3. The summed E-state index contributed by atoms with van der Waals surface area (Å²) in [6.45, 7) is 3.65. The number of rotatable bonds is 4. The minimum Gasteiger partial charge on any atom is -0.398 e. The van der Waals surface area contributed by atoms with Crippen molar-refractivity contribution in [2.24, 2.45) is 0 Å². The third-order valence-electron chi connectivity index (χ3n) is 4.28. The molecule has 2 rings (SSSR count). The number of anilines is 1. The zero-order valence-corrected chi connectivity index (χ0v) is 13.7. The molecular formula is C15H24N2O3S. The molecule has 0 saturated heterocycles. The summed E-state index contributed by atoms with van der Waals surface area (Å²) in [6.07, 6.45) is 3.20. The summed E-state index contributed by atoms with van der Waals surface area (Å²) in [6, 6.07) is 3.40. The second-order valence-corrected chi connectivity index (χ2v) is 8.18. The van der Waals surface area contributed by atoms with Crippen LogP contribution in [0.1, 0.15) is 36.8 Å². The van der Waals surface area contributed by atoms with E-state index in [1.54, 1.807) is 19.1 Å². The van der Waals surface area contributed by atoms with Crippen molar-refractivity contribution in [1.29, 1.82) is 0 Å². The van der Waals surface area contributed by atoms with Crippen LogP contribution < -0.4 is 5.73 Å². The van der Waals surface area contributed by atoms with E-state index in [9.17, 15) is 13.5 Å². The highest BCUT2D eigenvalue weighted by Crippen LogP contribution is 2.32. The van der Waals surface area contributed by atoms with Crippen molar-refractivity contribution in [3.63, 3.8) is 0 Å². The van der Waals surface area contributed by atoms with E-state index in [1.165, 1.54) is 11.4 Å². The molecule has 0 aliphatic heterocycles. The van der Waals surface area contributed by atoms with Crippen molar-refractivity contribution in [2.45, 2.75) is 50.0 Å². The summed E-state index contributed by atoms with van der Waals surface area (Å²) in [7, 11) is -2.13. The number of aliphatic hydroxyl groups is 1. The summed E-state index contributed by atoms with van der Waals surface area (Å²) in [5.74, 6) is 0. The first-order valence-electron chi connectivity index (χ1n) is 7.21. The molecule has 0 aromatic heterocycles. The molecule has 1 aromatic carbocycles. The Bertz CT molecular complexity index is 635.